The maximum Gasteiger partial charge on any atom is 0.258 e. The number of rotatable bonds is 6. The number of para-hydroxylation sites is 1. The van der Waals surface area contributed by atoms with Gasteiger partial charge in [-0.25, -0.2) is 0 Å². The van der Waals surface area contributed by atoms with Crippen LogP contribution < -0.4 is 10.1 Å². The third-order valence-corrected chi connectivity index (χ3v) is 3.25. The van der Waals surface area contributed by atoms with Crippen molar-refractivity contribution >= 4 is 5.91 Å². The predicted molar refractivity (Wildman–Crippen MR) is 75.1 cm³/mol. The van der Waals surface area contributed by atoms with Gasteiger partial charge in [0, 0.05) is 6.54 Å². The molecule has 0 spiro atoms. The second kappa shape index (κ2) is 6.92. The van der Waals surface area contributed by atoms with E-state index in [0.717, 1.165) is 0 Å². The van der Waals surface area contributed by atoms with Crippen molar-refractivity contribution in [2.45, 2.75) is 26.4 Å². The maximum atomic E-state index is 11.7. The molecule has 0 heterocycles. The van der Waals surface area contributed by atoms with Gasteiger partial charge in [0.05, 0.1) is 11.2 Å². The molecule has 1 aromatic rings. The topological polar surface area (TPSA) is 82.3 Å². The molecule has 2 N–H and O–H groups in total. The average Bonchev–Trinajstić information content (AvgIpc) is 2.43. The first-order chi connectivity index (χ1) is 9.36. The molecule has 0 aromatic heterocycles. The molecule has 5 nitrogen and oxygen atoms in total. The number of hydrogen-bond acceptors (Lipinski definition) is 4. The third-order valence-electron chi connectivity index (χ3n) is 3.25. The quantitative estimate of drug-likeness (QED) is 0.824. The Bertz CT molecular complexity index is 504. The number of ether oxygens (including phenoxy) is 1. The summed E-state index contributed by atoms with van der Waals surface area (Å²) in [6, 6.07) is 8.71. The molecule has 0 saturated carbocycles. The summed E-state index contributed by atoms with van der Waals surface area (Å²) in [6.45, 7) is 5.40. The number of nitriles is 1. The molecule has 0 aliphatic heterocycles. The molecule has 1 unspecified atom stereocenters. The van der Waals surface area contributed by atoms with Crippen LogP contribution >= 0.6 is 0 Å². The Kier molecular flexibility index (Phi) is 5.53. The summed E-state index contributed by atoms with van der Waals surface area (Å²) in [7, 11) is 0. The molecule has 0 aliphatic rings. The molecule has 0 aliphatic carbocycles. The summed E-state index contributed by atoms with van der Waals surface area (Å²) < 4.78 is 5.30. The van der Waals surface area contributed by atoms with Crippen molar-refractivity contribution in [3.05, 3.63) is 29.8 Å². The first-order valence-electron chi connectivity index (χ1n) is 6.48. The molecule has 0 bridgehead atoms. The molecule has 1 amide bonds. The van der Waals surface area contributed by atoms with Gasteiger partial charge in [-0.3, -0.25) is 4.79 Å². The lowest BCUT2D eigenvalue weighted by atomic mass is 9.93. The number of carbonyl (C=O) groups excluding carboxylic acids is 1. The van der Waals surface area contributed by atoms with E-state index in [4.69, 9.17) is 10.00 Å². The van der Waals surface area contributed by atoms with Crippen molar-refractivity contribution in [1.29, 1.82) is 5.26 Å². The smallest absolute Gasteiger partial charge is 0.258 e. The van der Waals surface area contributed by atoms with Crippen molar-refractivity contribution in [3.8, 4) is 11.8 Å². The van der Waals surface area contributed by atoms with Crippen molar-refractivity contribution < 1.29 is 14.6 Å². The molecular formula is C15H20N2O3. The van der Waals surface area contributed by atoms with Crippen LogP contribution in [0.4, 0.5) is 0 Å². The van der Waals surface area contributed by atoms with Crippen molar-refractivity contribution in [1.82, 2.24) is 5.32 Å². The zero-order valence-electron chi connectivity index (χ0n) is 12.0. The van der Waals surface area contributed by atoms with Gasteiger partial charge in [-0.2, -0.15) is 5.26 Å². The lowest BCUT2D eigenvalue weighted by Crippen LogP contribution is -2.45. The number of aliphatic hydroxyl groups is 1. The molecule has 1 aromatic carbocycles. The molecule has 20 heavy (non-hydrogen) atoms. The Morgan fingerprint density at radius 3 is 2.75 bits per heavy atom. The van der Waals surface area contributed by atoms with Crippen LogP contribution in [0.1, 0.15) is 26.3 Å². The van der Waals surface area contributed by atoms with E-state index in [1.807, 2.05) is 19.9 Å². The Morgan fingerprint density at radius 1 is 1.50 bits per heavy atom. The van der Waals surface area contributed by atoms with Gasteiger partial charge in [0.1, 0.15) is 11.8 Å². The van der Waals surface area contributed by atoms with Crippen LogP contribution in [0.2, 0.25) is 0 Å². The lowest BCUT2D eigenvalue weighted by molar-refractivity contribution is -0.124. The van der Waals surface area contributed by atoms with Gasteiger partial charge in [-0.15, -0.1) is 0 Å². The molecule has 0 saturated heterocycles. The van der Waals surface area contributed by atoms with E-state index in [1.165, 1.54) is 0 Å². The number of benzene rings is 1. The summed E-state index contributed by atoms with van der Waals surface area (Å²) in [6.07, 6.45) is 0. The van der Waals surface area contributed by atoms with Crippen LogP contribution in [0.25, 0.3) is 0 Å². The SMILES string of the molecule is CC(C)C(C)(O)CNC(=O)COc1ccccc1C#N. The molecule has 1 atom stereocenters. The first-order valence-corrected chi connectivity index (χ1v) is 6.48. The fourth-order valence-electron chi connectivity index (χ4n) is 1.36. The Hall–Kier alpha value is -2.06. The zero-order valence-corrected chi connectivity index (χ0v) is 12.0. The standard InChI is InChI=1S/C15H20N2O3/c1-11(2)15(3,19)10-17-14(18)9-20-13-7-5-4-6-12(13)8-16/h4-7,11,19H,9-10H2,1-3H3,(H,17,18). The summed E-state index contributed by atoms with van der Waals surface area (Å²) in [5.41, 5.74) is -0.574. The van der Waals surface area contributed by atoms with Crippen molar-refractivity contribution in [2.24, 2.45) is 5.92 Å². The van der Waals surface area contributed by atoms with Crippen LogP contribution in [0.3, 0.4) is 0 Å². The number of nitrogens with one attached hydrogen (secondary N) is 1. The van der Waals surface area contributed by atoms with Crippen LogP contribution in [0.15, 0.2) is 24.3 Å². The maximum absolute atomic E-state index is 11.7. The van der Waals surface area contributed by atoms with E-state index in [0.29, 0.717) is 11.3 Å². The van der Waals surface area contributed by atoms with Gasteiger partial charge in [0.25, 0.3) is 5.91 Å². The molecule has 0 radical (unpaired) electrons. The second-order valence-electron chi connectivity index (χ2n) is 5.19. The minimum atomic E-state index is -0.958. The van der Waals surface area contributed by atoms with E-state index < -0.39 is 5.60 Å². The third kappa shape index (κ3) is 4.56. The van der Waals surface area contributed by atoms with Crippen LogP contribution in [0.5, 0.6) is 5.75 Å². The monoisotopic (exact) mass is 276 g/mol. The second-order valence-corrected chi connectivity index (χ2v) is 5.19. The zero-order chi connectivity index (χ0) is 15.2. The normalized spacial score (nSPS) is 13.4. The van der Waals surface area contributed by atoms with E-state index in [2.05, 4.69) is 5.32 Å². The predicted octanol–water partition coefficient (Wildman–Crippen LogP) is 1.46. The summed E-state index contributed by atoms with van der Waals surface area (Å²) in [4.78, 5) is 11.7. The number of carbonyl (C=O) groups is 1. The Labute approximate surface area is 119 Å². The lowest BCUT2D eigenvalue weighted by Gasteiger charge is -2.27. The van der Waals surface area contributed by atoms with Crippen LogP contribution in [0, 0.1) is 17.2 Å². The molecule has 108 valence electrons. The Balaban J connectivity index is 2.47. The van der Waals surface area contributed by atoms with Crippen LogP contribution in [-0.2, 0) is 4.79 Å². The van der Waals surface area contributed by atoms with Gasteiger partial charge >= 0.3 is 0 Å². The summed E-state index contributed by atoms with van der Waals surface area (Å²) in [5.74, 6) is 0.0717. The Morgan fingerprint density at radius 2 is 2.15 bits per heavy atom. The molecule has 1 rings (SSSR count). The summed E-state index contributed by atoms with van der Waals surface area (Å²) >= 11 is 0. The average molecular weight is 276 g/mol. The fraction of sp³-hybridized carbons (Fsp3) is 0.467. The number of nitrogens with zero attached hydrogens (tertiary/aromatic N) is 1. The van der Waals surface area contributed by atoms with E-state index in [9.17, 15) is 9.90 Å². The molecule has 5 heteroatoms. The van der Waals surface area contributed by atoms with Crippen molar-refractivity contribution in [3.63, 3.8) is 0 Å². The van der Waals surface area contributed by atoms with Gasteiger partial charge in [-0.05, 0) is 25.0 Å². The minimum Gasteiger partial charge on any atom is -0.482 e. The fourth-order valence-corrected chi connectivity index (χ4v) is 1.36. The number of hydrogen-bond donors (Lipinski definition) is 2. The largest absolute Gasteiger partial charge is 0.482 e. The minimum absolute atomic E-state index is 0.0306. The highest BCUT2D eigenvalue weighted by Crippen LogP contribution is 2.16. The first kappa shape index (κ1) is 16.0. The van der Waals surface area contributed by atoms with E-state index in [1.54, 1.807) is 31.2 Å². The summed E-state index contributed by atoms with van der Waals surface area (Å²) in [5, 5.41) is 21.5. The number of amides is 1. The highest BCUT2D eigenvalue weighted by Gasteiger charge is 2.25. The van der Waals surface area contributed by atoms with Gasteiger partial charge in [-0.1, -0.05) is 26.0 Å². The molecular weight excluding hydrogens is 256 g/mol. The van der Waals surface area contributed by atoms with E-state index >= 15 is 0 Å². The highest BCUT2D eigenvalue weighted by molar-refractivity contribution is 5.77. The van der Waals surface area contributed by atoms with Crippen molar-refractivity contribution in [2.75, 3.05) is 13.2 Å². The van der Waals surface area contributed by atoms with Crippen LogP contribution in [-0.4, -0.2) is 29.8 Å². The molecule has 0 fully saturated rings. The van der Waals surface area contributed by atoms with Gasteiger partial charge in [0.15, 0.2) is 6.61 Å². The van der Waals surface area contributed by atoms with Gasteiger partial charge < -0.3 is 15.2 Å². The highest BCUT2D eigenvalue weighted by atomic mass is 16.5. The van der Waals surface area contributed by atoms with Gasteiger partial charge in [0.2, 0.25) is 0 Å². The van der Waals surface area contributed by atoms with E-state index in [-0.39, 0.29) is 25.0 Å².